The summed E-state index contributed by atoms with van der Waals surface area (Å²) >= 11 is -1.56. The molecule has 0 radical (unpaired) electrons. The van der Waals surface area contributed by atoms with Crippen LogP contribution in [0.3, 0.4) is 0 Å². The first-order valence-electron chi connectivity index (χ1n) is 15.9. The molecule has 1 saturated heterocycles. The van der Waals surface area contributed by atoms with E-state index in [1.807, 2.05) is 45.9 Å². The lowest BCUT2D eigenvalue weighted by atomic mass is 9.79. The summed E-state index contributed by atoms with van der Waals surface area (Å²) in [7, 11) is 0. The van der Waals surface area contributed by atoms with Crippen molar-refractivity contribution in [3.05, 3.63) is 94.8 Å². The number of amides is 3. The highest BCUT2D eigenvalue weighted by Crippen LogP contribution is 2.43. The molecule has 1 saturated carbocycles. The van der Waals surface area contributed by atoms with Crippen molar-refractivity contribution < 1.29 is 23.6 Å². The highest BCUT2D eigenvalue weighted by molar-refractivity contribution is 7.90. The summed E-state index contributed by atoms with van der Waals surface area (Å²) in [4.78, 5) is 28.1. The molecule has 2 aliphatic rings. The monoisotopic (exact) mass is 659 g/mol. The van der Waals surface area contributed by atoms with E-state index < -0.39 is 51.5 Å². The second-order valence-corrected chi connectivity index (χ2v) is 15.6. The first kappa shape index (κ1) is 34.4. The zero-order valence-electron chi connectivity index (χ0n) is 27.2. The number of halogens is 1. The van der Waals surface area contributed by atoms with Gasteiger partial charge < -0.3 is 25.2 Å². The molecule has 248 valence electrons. The van der Waals surface area contributed by atoms with Crippen molar-refractivity contribution in [1.29, 1.82) is 5.26 Å². The second kappa shape index (κ2) is 14.0. The normalized spacial score (nSPS) is 19.8. The molecule has 2 unspecified atom stereocenters. The van der Waals surface area contributed by atoms with Gasteiger partial charge in [-0.1, -0.05) is 48.7 Å². The number of urea groups is 1. The number of rotatable bonds is 10. The van der Waals surface area contributed by atoms with Crippen molar-refractivity contribution >= 4 is 34.7 Å². The quantitative estimate of drug-likeness (QED) is 0.194. The van der Waals surface area contributed by atoms with Crippen LogP contribution in [-0.2, 0) is 21.7 Å². The Hall–Kier alpha value is -3.95. The number of carbonyl (C=O) groups is 2. The van der Waals surface area contributed by atoms with E-state index in [2.05, 4.69) is 21.4 Å². The SMILES string of the molecule is Cc1ccc(NC(=O)N2C[C@H](O)C[C@@H]2C(=O)Nc2cc(C(CCC3CC3)(N[S+]([O-])C(C)(C)C)c3cccc(C#N)c3)ccc2F)cc1. The van der Waals surface area contributed by atoms with E-state index >= 15 is 4.39 Å². The molecule has 4 atom stereocenters. The van der Waals surface area contributed by atoms with Crippen molar-refractivity contribution in [2.75, 3.05) is 17.2 Å². The highest BCUT2D eigenvalue weighted by Gasteiger charge is 2.44. The lowest BCUT2D eigenvalue weighted by molar-refractivity contribution is -0.119. The van der Waals surface area contributed by atoms with Gasteiger partial charge in [0.1, 0.15) is 22.1 Å². The third-order valence-electron chi connectivity index (χ3n) is 8.79. The molecule has 47 heavy (non-hydrogen) atoms. The molecule has 11 heteroatoms. The van der Waals surface area contributed by atoms with E-state index in [0.717, 1.165) is 24.8 Å². The number of aliphatic hydroxyl groups is 1. The summed E-state index contributed by atoms with van der Waals surface area (Å²) in [6.45, 7) is 7.46. The van der Waals surface area contributed by atoms with Crippen molar-refractivity contribution in [2.45, 2.75) is 82.2 Å². The minimum absolute atomic E-state index is 0.00708. The molecule has 1 aliphatic heterocycles. The third-order valence-corrected chi connectivity index (χ3v) is 10.4. The summed E-state index contributed by atoms with van der Waals surface area (Å²) in [5.74, 6) is -0.808. The maximum Gasteiger partial charge on any atom is 0.322 e. The van der Waals surface area contributed by atoms with E-state index in [0.29, 0.717) is 34.7 Å². The Morgan fingerprint density at radius 1 is 1.06 bits per heavy atom. The van der Waals surface area contributed by atoms with Gasteiger partial charge in [0.25, 0.3) is 0 Å². The minimum Gasteiger partial charge on any atom is -0.598 e. The van der Waals surface area contributed by atoms with E-state index in [4.69, 9.17) is 0 Å². The number of nitrogens with zero attached hydrogens (tertiary/aromatic N) is 2. The van der Waals surface area contributed by atoms with Crippen LogP contribution in [0.25, 0.3) is 0 Å². The Bertz CT molecular complexity index is 1650. The van der Waals surface area contributed by atoms with Crippen LogP contribution in [0.15, 0.2) is 66.7 Å². The first-order chi connectivity index (χ1) is 22.3. The minimum atomic E-state index is -1.56. The van der Waals surface area contributed by atoms with Crippen LogP contribution in [0.1, 0.15) is 75.1 Å². The number of benzene rings is 3. The topological polar surface area (TPSA) is 141 Å². The van der Waals surface area contributed by atoms with Gasteiger partial charge in [-0.05, 0) is 94.0 Å². The predicted molar refractivity (Wildman–Crippen MR) is 181 cm³/mol. The fraction of sp³-hybridized carbons (Fsp3) is 0.417. The van der Waals surface area contributed by atoms with Crippen LogP contribution < -0.4 is 15.4 Å². The van der Waals surface area contributed by atoms with Gasteiger partial charge in [0.05, 0.1) is 23.4 Å². The molecule has 3 aromatic carbocycles. The smallest absolute Gasteiger partial charge is 0.322 e. The lowest BCUT2D eigenvalue weighted by Crippen LogP contribution is -2.52. The summed E-state index contributed by atoms with van der Waals surface area (Å²) < 4.78 is 32.0. The van der Waals surface area contributed by atoms with Crippen molar-refractivity contribution in [1.82, 2.24) is 9.62 Å². The molecule has 4 N–H and O–H groups in total. The lowest BCUT2D eigenvalue weighted by Gasteiger charge is -2.39. The maximum atomic E-state index is 15.5. The summed E-state index contributed by atoms with van der Waals surface area (Å²) in [5.41, 5.74) is 2.09. The van der Waals surface area contributed by atoms with E-state index in [-0.39, 0.29) is 18.7 Å². The third kappa shape index (κ3) is 8.14. The van der Waals surface area contributed by atoms with Gasteiger partial charge in [0, 0.05) is 30.0 Å². The molecule has 0 aromatic heterocycles. The van der Waals surface area contributed by atoms with Crippen LogP contribution in [0, 0.1) is 30.0 Å². The molecule has 1 heterocycles. The maximum absolute atomic E-state index is 15.5. The van der Waals surface area contributed by atoms with Crippen molar-refractivity contribution in [3.8, 4) is 6.07 Å². The van der Waals surface area contributed by atoms with Gasteiger partial charge in [-0.25, -0.2) is 9.18 Å². The number of aliphatic hydroxyl groups excluding tert-OH is 1. The summed E-state index contributed by atoms with van der Waals surface area (Å²) in [5, 5.41) is 25.6. The number of aryl methyl sites for hydroxylation is 1. The largest absolute Gasteiger partial charge is 0.598 e. The van der Waals surface area contributed by atoms with Crippen molar-refractivity contribution in [3.63, 3.8) is 0 Å². The van der Waals surface area contributed by atoms with Gasteiger partial charge in [-0.15, -0.1) is 4.72 Å². The molecule has 5 rings (SSSR count). The highest BCUT2D eigenvalue weighted by atomic mass is 32.2. The molecular weight excluding hydrogens is 617 g/mol. The van der Waals surface area contributed by atoms with Gasteiger partial charge >= 0.3 is 6.03 Å². The van der Waals surface area contributed by atoms with Crippen molar-refractivity contribution in [2.24, 2.45) is 5.92 Å². The Balaban J connectivity index is 1.48. The molecule has 0 bridgehead atoms. The Morgan fingerprint density at radius 2 is 1.77 bits per heavy atom. The van der Waals surface area contributed by atoms with Crippen LogP contribution in [0.5, 0.6) is 0 Å². The molecule has 3 aromatic rings. The van der Waals surface area contributed by atoms with Crippen LogP contribution >= 0.6 is 0 Å². The van der Waals surface area contributed by atoms with E-state index in [1.165, 1.54) is 17.0 Å². The van der Waals surface area contributed by atoms with Crippen LogP contribution in [-0.4, -0.2) is 49.9 Å². The van der Waals surface area contributed by atoms with Gasteiger partial charge in [0.15, 0.2) is 0 Å². The number of nitrogens with one attached hydrogen (secondary N) is 3. The Labute approximate surface area is 278 Å². The predicted octanol–water partition coefficient (Wildman–Crippen LogP) is 6.10. The average molecular weight is 660 g/mol. The number of likely N-dealkylation sites (tertiary alicyclic amines) is 1. The Morgan fingerprint density at radius 3 is 2.43 bits per heavy atom. The number of nitriles is 1. The molecular formula is C36H42FN5O4S. The number of β-amino-alcohol motifs (C(OH)–C–C–N with tert-alkyl or cyclic N) is 1. The fourth-order valence-electron chi connectivity index (χ4n) is 5.84. The number of carbonyl (C=O) groups excluding carboxylic acids is 2. The van der Waals surface area contributed by atoms with Gasteiger partial charge in [-0.3, -0.25) is 4.79 Å². The average Bonchev–Trinajstić information content (AvgIpc) is 3.79. The van der Waals surface area contributed by atoms with Gasteiger partial charge in [0.2, 0.25) is 5.91 Å². The molecule has 3 amide bonds. The molecule has 0 spiro atoms. The molecule has 1 aliphatic carbocycles. The fourth-order valence-corrected chi connectivity index (χ4v) is 6.80. The van der Waals surface area contributed by atoms with Crippen LogP contribution in [0.4, 0.5) is 20.6 Å². The van der Waals surface area contributed by atoms with Crippen LogP contribution in [0.2, 0.25) is 0 Å². The van der Waals surface area contributed by atoms with E-state index in [1.54, 1.807) is 36.4 Å². The zero-order chi connectivity index (χ0) is 33.9. The van der Waals surface area contributed by atoms with Gasteiger partial charge in [-0.2, -0.15) is 5.26 Å². The number of hydrogen-bond donors (Lipinski definition) is 4. The first-order valence-corrected chi connectivity index (χ1v) is 17.1. The summed E-state index contributed by atoms with van der Waals surface area (Å²) in [6.07, 6.45) is 2.60. The number of anilines is 2. The van der Waals surface area contributed by atoms with E-state index in [9.17, 15) is 24.5 Å². The number of hydrogen-bond acceptors (Lipinski definition) is 6. The Kier molecular flexibility index (Phi) is 10.3. The second-order valence-electron chi connectivity index (χ2n) is 13.6. The molecule has 2 fully saturated rings. The zero-order valence-corrected chi connectivity index (χ0v) is 28.0. The summed E-state index contributed by atoms with van der Waals surface area (Å²) in [6, 6.07) is 19.3. The standard InChI is InChI=1S/C36H42FN5O4S/c1-23-8-13-28(14-9-23)39-34(45)42-22-29(43)20-32(42)33(44)40-31-19-27(12-15-30(31)37)36(17-16-24-10-11-24,41-47(46)35(2,3)4)26-7-5-6-25(18-26)21-38/h5-9,12-15,18-19,24,29,32,41,43H,10-11,16-17,20,22H2,1-4H3,(H,39,45)(H,40,44)/t29-,32-,36?,47?/m1/s1. The molecule has 9 nitrogen and oxygen atoms in total.